The predicted octanol–water partition coefficient (Wildman–Crippen LogP) is 2.50. The summed E-state index contributed by atoms with van der Waals surface area (Å²) in [6.07, 6.45) is 8.28. The minimum absolute atomic E-state index is 0.519. The minimum Gasteiger partial charge on any atom is -0.384 e. The Morgan fingerprint density at radius 2 is 2.18 bits per heavy atom. The van der Waals surface area contributed by atoms with Gasteiger partial charge in [0.15, 0.2) is 0 Å². The molecule has 0 aromatic carbocycles. The molecule has 0 amide bonds. The number of hydrogen-bond donors (Lipinski definition) is 1. The zero-order chi connectivity index (χ0) is 11.8. The van der Waals surface area contributed by atoms with E-state index < -0.39 is 0 Å². The zero-order valence-corrected chi connectivity index (χ0v) is 9.87. The number of pyridine rings is 1. The second-order valence-electron chi connectivity index (χ2n) is 4.74. The molecule has 0 spiro atoms. The number of imidazole rings is 1. The molecule has 3 rings (SSSR count). The van der Waals surface area contributed by atoms with Crippen LogP contribution in [0.5, 0.6) is 0 Å². The summed E-state index contributed by atoms with van der Waals surface area (Å²) in [4.78, 5) is 8.39. The van der Waals surface area contributed by atoms with Crippen LogP contribution in [0.2, 0.25) is 0 Å². The molecule has 1 atom stereocenters. The van der Waals surface area contributed by atoms with Crippen LogP contribution in [0.15, 0.2) is 30.9 Å². The lowest BCUT2D eigenvalue weighted by molar-refractivity contribution is 0.489. The first-order valence-corrected chi connectivity index (χ1v) is 5.99. The SMILES string of the molecule is CC(C1CC1)n1cncc1-c1ccc(N)nc1. The normalized spacial score (nSPS) is 17.0. The number of rotatable bonds is 3. The van der Waals surface area contributed by atoms with Gasteiger partial charge in [-0.3, -0.25) is 0 Å². The van der Waals surface area contributed by atoms with Gasteiger partial charge in [-0.25, -0.2) is 9.97 Å². The van der Waals surface area contributed by atoms with Crippen molar-refractivity contribution in [2.45, 2.75) is 25.8 Å². The molecule has 0 bridgehead atoms. The van der Waals surface area contributed by atoms with Crippen molar-refractivity contribution >= 4 is 5.82 Å². The third-order valence-electron chi connectivity index (χ3n) is 3.49. The van der Waals surface area contributed by atoms with Crippen molar-refractivity contribution in [1.82, 2.24) is 14.5 Å². The van der Waals surface area contributed by atoms with Crippen molar-refractivity contribution in [2.24, 2.45) is 5.92 Å². The van der Waals surface area contributed by atoms with Gasteiger partial charge < -0.3 is 10.3 Å². The Hall–Kier alpha value is -1.84. The van der Waals surface area contributed by atoms with E-state index in [1.807, 2.05) is 30.9 Å². The summed E-state index contributed by atoms with van der Waals surface area (Å²) in [6, 6.07) is 4.34. The molecule has 1 aliphatic carbocycles. The standard InChI is InChI=1S/C13H16N4/c1-9(10-2-3-10)17-8-15-7-12(17)11-4-5-13(14)16-6-11/h4-10H,2-3H2,1H3,(H2,14,16). The van der Waals surface area contributed by atoms with Crippen LogP contribution in [-0.4, -0.2) is 14.5 Å². The second kappa shape index (κ2) is 3.87. The maximum absolute atomic E-state index is 5.60. The molecule has 1 saturated carbocycles. The van der Waals surface area contributed by atoms with Gasteiger partial charge in [0.25, 0.3) is 0 Å². The molecule has 2 heterocycles. The van der Waals surface area contributed by atoms with Gasteiger partial charge >= 0.3 is 0 Å². The molecule has 1 fully saturated rings. The maximum Gasteiger partial charge on any atom is 0.123 e. The van der Waals surface area contributed by atoms with Crippen molar-refractivity contribution in [1.29, 1.82) is 0 Å². The number of nitrogen functional groups attached to an aromatic ring is 1. The Labute approximate surface area is 101 Å². The lowest BCUT2D eigenvalue weighted by Crippen LogP contribution is -2.07. The van der Waals surface area contributed by atoms with E-state index in [1.54, 1.807) is 0 Å². The van der Waals surface area contributed by atoms with Gasteiger partial charge in [-0.2, -0.15) is 0 Å². The summed E-state index contributed by atoms with van der Waals surface area (Å²) in [6.45, 7) is 2.26. The molecule has 2 aromatic rings. The van der Waals surface area contributed by atoms with E-state index in [0.717, 1.165) is 17.2 Å². The molecule has 1 aliphatic rings. The van der Waals surface area contributed by atoms with Gasteiger partial charge in [0.1, 0.15) is 5.82 Å². The van der Waals surface area contributed by atoms with Crippen molar-refractivity contribution in [3.63, 3.8) is 0 Å². The highest BCUT2D eigenvalue weighted by Gasteiger charge is 2.30. The average molecular weight is 228 g/mol. The van der Waals surface area contributed by atoms with Crippen LogP contribution in [0.3, 0.4) is 0 Å². The first-order chi connectivity index (χ1) is 8.25. The van der Waals surface area contributed by atoms with Crippen LogP contribution in [-0.2, 0) is 0 Å². The fourth-order valence-corrected chi connectivity index (χ4v) is 2.22. The summed E-state index contributed by atoms with van der Waals surface area (Å²) >= 11 is 0. The molecule has 4 heteroatoms. The highest BCUT2D eigenvalue weighted by molar-refractivity contribution is 5.59. The van der Waals surface area contributed by atoms with E-state index in [1.165, 1.54) is 12.8 Å². The van der Waals surface area contributed by atoms with Crippen molar-refractivity contribution < 1.29 is 0 Å². The average Bonchev–Trinajstić information content (AvgIpc) is 3.07. The van der Waals surface area contributed by atoms with Gasteiger partial charge in [-0.15, -0.1) is 0 Å². The van der Waals surface area contributed by atoms with E-state index in [4.69, 9.17) is 5.73 Å². The molecule has 4 nitrogen and oxygen atoms in total. The number of aromatic nitrogens is 3. The van der Waals surface area contributed by atoms with E-state index >= 15 is 0 Å². The molecule has 0 saturated heterocycles. The fourth-order valence-electron chi connectivity index (χ4n) is 2.22. The molecule has 0 aliphatic heterocycles. The molecule has 88 valence electrons. The van der Waals surface area contributed by atoms with E-state index in [2.05, 4.69) is 21.5 Å². The Morgan fingerprint density at radius 1 is 1.35 bits per heavy atom. The van der Waals surface area contributed by atoms with Gasteiger partial charge in [0.05, 0.1) is 18.2 Å². The third-order valence-corrected chi connectivity index (χ3v) is 3.49. The van der Waals surface area contributed by atoms with Crippen LogP contribution in [0.4, 0.5) is 5.82 Å². The molecule has 17 heavy (non-hydrogen) atoms. The first-order valence-electron chi connectivity index (χ1n) is 5.99. The predicted molar refractivity (Wildman–Crippen MR) is 67.3 cm³/mol. The summed E-state index contributed by atoms with van der Waals surface area (Å²) in [5.41, 5.74) is 7.80. The van der Waals surface area contributed by atoms with Crippen LogP contribution < -0.4 is 5.73 Å². The summed E-state index contributed by atoms with van der Waals surface area (Å²) < 4.78 is 2.24. The van der Waals surface area contributed by atoms with Crippen molar-refractivity contribution in [3.8, 4) is 11.3 Å². The summed E-state index contributed by atoms with van der Waals surface area (Å²) in [7, 11) is 0. The molecule has 0 radical (unpaired) electrons. The van der Waals surface area contributed by atoms with Crippen molar-refractivity contribution in [3.05, 3.63) is 30.9 Å². The fraction of sp³-hybridized carbons (Fsp3) is 0.385. The molecule has 2 N–H and O–H groups in total. The Kier molecular flexibility index (Phi) is 2.35. The minimum atomic E-state index is 0.519. The Bertz CT molecular complexity index is 510. The summed E-state index contributed by atoms with van der Waals surface area (Å²) in [5.74, 6) is 1.36. The van der Waals surface area contributed by atoms with Crippen LogP contribution in [0.25, 0.3) is 11.3 Å². The molecule has 2 aromatic heterocycles. The van der Waals surface area contributed by atoms with Gasteiger partial charge in [-0.1, -0.05) is 0 Å². The van der Waals surface area contributed by atoms with Crippen LogP contribution in [0.1, 0.15) is 25.8 Å². The molecular weight excluding hydrogens is 212 g/mol. The zero-order valence-electron chi connectivity index (χ0n) is 9.87. The van der Waals surface area contributed by atoms with Gasteiger partial charge in [0.2, 0.25) is 0 Å². The third kappa shape index (κ3) is 1.90. The lowest BCUT2D eigenvalue weighted by Gasteiger charge is -2.15. The topological polar surface area (TPSA) is 56.7 Å². The maximum atomic E-state index is 5.60. The first kappa shape index (κ1) is 10.3. The highest BCUT2D eigenvalue weighted by atomic mass is 15.1. The van der Waals surface area contributed by atoms with Gasteiger partial charge in [0, 0.05) is 17.8 Å². The van der Waals surface area contributed by atoms with Gasteiger partial charge in [-0.05, 0) is 37.8 Å². The number of nitrogens with two attached hydrogens (primary N) is 1. The number of nitrogens with zero attached hydrogens (tertiary/aromatic N) is 3. The van der Waals surface area contributed by atoms with E-state index in [-0.39, 0.29) is 0 Å². The second-order valence-corrected chi connectivity index (χ2v) is 4.74. The number of anilines is 1. The number of hydrogen-bond acceptors (Lipinski definition) is 3. The largest absolute Gasteiger partial charge is 0.384 e. The quantitative estimate of drug-likeness (QED) is 0.878. The van der Waals surface area contributed by atoms with E-state index in [9.17, 15) is 0 Å². The van der Waals surface area contributed by atoms with Crippen LogP contribution >= 0.6 is 0 Å². The monoisotopic (exact) mass is 228 g/mol. The van der Waals surface area contributed by atoms with Crippen LogP contribution in [0, 0.1) is 5.92 Å². The summed E-state index contributed by atoms with van der Waals surface area (Å²) in [5, 5.41) is 0. The molecule has 1 unspecified atom stereocenters. The lowest BCUT2D eigenvalue weighted by atomic mass is 10.1. The van der Waals surface area contributed by atoms with Crippen molar-refractivity contribution in [2.75, 3.05) is 5.73 Å². The van der Waals surface area contributed by atoms with E-state index in [0.29, 0.717) is 11.9 Å². The smallest absolute Gasteiger partial charge is 0.123 e. The Balaban J connectivity index is 1.97. The Morgan fingerprint density at radius 3 is 2.82 bits per heavy atom. The molecular formula is C13H16N4. The highest BCUT2D eigenvalue weighted by Crippen LogP contribution is 2.40.